The molecular formula is C19H20N4O2. The number of carbonyl (C=O) groups is 1. The lowest BCUT2D eigenvalue weighted by atomic mass is 10.0. The van der Waals surface area contributed by atoms with Crippen LogP contribution in [0.5, 0.6) is 5.75 Å². The SMILES string of the molecule is CN(C)CCNC(=O)c1ccc(-c2cc(O)c3ncncc3c2)cc1. The number of likely N-dealkylation sites (N-methyl/N-ethyl adjacent to an activating group) is 1. The first-order valence-electron chi connectivity index (χ1n) is 8.00. The molecule has 6 nitrogen and oxygen atoms in total. The number of rotatable bonds is 5. The van der Waals surface area contributed by atoms with E-state index >= 15 is 0 Å². The Morgan fingerprint density at radius 3 is 2.64 bits per heavy atom. The summed E-state index contributed by atoms with van der Waals surface area (Å²) >= 11 is 0. The maximum atomic E-state index is 12.1. The molecular weight excluding hydrogens is 316 g/mol. The van der Waals surface area contributed by atoms with Crippen LogP contribution in [0.1, 0.15) is 10.4 Å². The molecule has 2 N–H and O–H groups in total. The molecule has 0 aliphatic rings. The lowest BCUT2D eigenvalue weighted by molar-refractivity contribution is 0.0951. The first-order valence-corrected chi connectivity index (χ1v) is 8.00. The van der Waals surface area contributed by atoms with Gasteiger partial charge in [0, 0.05) is 30.2 Å². The Bertz CT molecular complexity index is 892. The summed E-state index contributed by atoms with van der Waals surface area (Å²) in [4.78, 5) is 22.2. The number of nitrogens with zero attached hydrogens (tertiary/aromatic N) is 3. The Kier molecular flexibility index (Phi) is 4.90. The van der Waals surface area contributed by atoms with Gasteiger partial charge in [-0.15, -0.1) is 0 Å². The second kappa shape index (κ2) is 7.27. The van der Waals surface area contributed by atoms with Gasteiger partial charge in [-0.05, 0) is 49.5 Å². The largest absolute Gasteiger partial charge is 0.506 e. The van der Waals surface area contributed by atoms with Crippen molar-refractivity contribution in [2.75, 3.05) is 27.2 Å². The van der Waals surface area contributed by atoms with Crippen molar-refractivity contribution >= 4 is 16.8 Å². The van der Waals surface area contributed by atoms with E-state index in [4.69, 9.17) is 0 Å². The topological polar surface area (TPSA) is 78.4 Å². The zero-order valence-electron chi connectivity index (χ0n) is 14.2. The molecule has 0 saturated carbocycles. The van der Waals surface area contributed by atoms with Crippen molar-refractivity contribution in [3.05, 3.63) is 54.5 Å². The number of hydrogen-bond donors (Lipinski definition) is 2. The Morgan fingerprint density at radius 2 is 1.92 bits per heavy atom. The lowest BCUT2D eigenvalue weighted by Gasteiger charge is -2.11. The number of benzene rings is 2. The Balaban J connectivity index is 1.79. The number of nitrogens with one attached hydrogen (secondary N) is 1. The number of fused-ring (bicyclic) bond motifs is 1. The first kappa shape index (κ1) is 16.9. The average Bonchev–Trinajstić information content (AvgIpc) is 2.61. The third kappa shape index (κ3) is 3.92. The number of amides is 1. The number of carbonyl (C=O) groups excluding carboxylic acids is 1. The third-order valence-electron chi connectivity index (χ3n) is 3.91. The molecule has 0 atom stereocenters. The van der Waals surface area contributed by atoms with Crippen molar-refractivity contribution in [3.8, 4) is 16.9 Å². The minimum Gasteiger partial charge on any atom is -0.506 e. The zero-order chi connectivity index (χ0) is 17.8. The predicted molar refractivity (Wildman–Crippen MR) is 97.5 cm³/mol. The van der Waals surface area contributed by atoms with Crippen LogP contribution in [-0.4, -0.2) is 53.1 Å². The summed E-state index contributed by atoms with van der Waals surface area (Å²) in [5.74, 6) is 0.0172. The zero-order valence-corrected chi connectivity index (χ0v) is 14.2. The van der Waals surface area contributed by atoms with Gasteiger partial charge in [-0.25, -0.2) is 9.97 Å². The molecule has 0 bridgehead atoms. The van der Waals surface area contributed by atoms with E-state index in [1.165, 1.54) is 6.33 Å². The van der Waals surface area contributed by atoms with Crippen molar-refractivity contribution in [2.45, 2.75) is 0 Å². The number of phenols is 1. The standard InChI is InChI=1S/C19H20N4O2/c1-23(2)8-7-21-19(25)14-5-3-13(4-6-14)15-9-16-11-20-12-22-18(16)17(24)10-15/h3-6,9-12,24H,7-8H2,1-2H3,(H,21,25). The van der Waals surface area contributed by atoms with Gasteiger partial charge in [-0.1, -0.05) is 12.1 Å². The van der Waals surface area contributed by atoms with Gasteiger partial charge in [0.05, 0.1) is 0 Å². The highest BCUT2D eigenvalue weighted by Gasteiger charge is 2.08. The number of phenolic OH excluding ortho intramolecular Hbond substituents is 1. The summed E-state index contributed by atoms with van der Waals surface area (Å²) in [6.07, 6.45) is 3.07. The third-order valence-corrected chi connectivity index (χ3v) is 3.91. The van der Waals surface area contributed by atoms with Crippen LogP contribution < -0.4 is 5.32 Å². The van der Waals surface area contributed by atoms with E-state index in [0.29, 0.717) is 17.6 Å². The molecule has 2 aromatic carbocycles. The average molecular weight is 336 g/mol. The van der Waals surface area contributed by atoms with Crippen molar-refractivity contribution in [3.63, 3.8) is 0 Å². The molecule has 1 amide bonds. The number of aromatic hydroxyl groups is 1. The highest BCUT2D eigenvalue weighted by atomic mass is 16.3. The first-order chi connectivity index (χ1) is 12.0. The van der Waals surface area contributed by atoms with E-state index < -0.39 is 0 Å². The van der Waals surface area contributed by atoms with Gasteiger partial charge < -0.3 is 15.3 Å². The van der Waals surface area contributed by atoms with Gasteiger partial charge in [0.15, 0.2) is 0 Å². The monoisotopic (exact) mass is 336 g/mol. The molecule has 0 radical (unpaired) electrons. The van der Waals surface area contributed by atoms with Crippen LogP contribution in [0.2, 0.25) is 0 Å². The lowest BCUT2D eigenvalue weighted by Crippen LogP contribution is -2.31. The molecule has 1 aromatic heterocycles. The fourth-order valence-corrected chi connectivity index (χ4v) is 2.56. The smallest absolute Gasteiger partial charge is 0.251 e. The van der Waals surface area contributed by atoms with Crippen LogP contribution in [0, 0.1) is 0 Å². The molecule has 0 saturated heterocycles. The van der Waals surface area contributed by atoms with Crippen molar-refractivity contribution in [1.82, 2.24) is 20.2 Å². The fourth-order valence-electron chi connectivity index (χ4n) is 2.56. The Labute approximate surface area is 146 Å². The van der Waals surface area contributed by atoms with E-state index in [1.54, 1.807) is 24.4 Å². The van der Waals surface area contributed by atoms with Crippen molar-refractivity contribution in [2.24, 2.45) is 0 Å². The summed E-state index contributed by atoms with van der Waals surface area (Å²) in [5, 5.41) is 13.8. The molecule has 128 valence electrons. The minimum absolute atomic E-state index is 0.0943. The van der Waals surface area contributed by atoms with Crippen LogP contribution in [0.15, 0.2) is 48.9 Å². The summed E-state index contributed by atoms with van der Waals surface area (Å²) in [5.41, 5.74) is 2.89. The van der Waals surface area contributed by atoms with E-state index in [1.807, 2.05) is 37.2 Å². The van der Waals surface area contributed by atoms with Gasteiger partial charge in [-0.3, -0.25) is 4.79 Å². The summed E-state index contributed by atoms with van der Waals surface area (Å²) in [7, 11) is 3.93. The molecule has 0 spiro atoms. The molecule has 3 aromatic rings. The van der Waals surface area contributed by atoms with E-state index in [2.05, 4.69) is 15.3 Å². The van der Waals surface area contributed by atoms with E-state index in [-0.39, 0.29) is 11.7 Å². The maximum Gasteiger partial charge on any atom is 0.251 e. The van der Waals surface area contributed by atoms with E-state index in [9.17, 15) is 9.90 Å². The Morgan fingerprint density at radius 1 is 1.16 bits per heavy atom. The molecule has 0 fully saturated rings. The molecule has 3 rings (SSSR count). The maximum absolute atomic E-state index is 12.1. The van der Waals surface area contributed by atoms with Crippen LogP contribution in [0.25, 0.3) is 22.0 Å². The molecule has 25 heavy (non-hydrogen) atoms. The molecule has 6 heteroatoms. The quantitative estimate of drug-likeness (QED) is 0.747. The predicted octanol–water partition coefficient (Wildman–Crippen LogP) is 2.29. The van der Waals surface area contributed by atoms with Crippen LogP contribution in [0.3, 0.4) is 0 Å². The molecule has 0 unspecified atom stereocenters. The van der Waals surface area contributed by atoms with Crippen molar-refractivity contribution < 1.29 is 9.90 Å². The summed E-state index contributed by atoms with van der Waals surface area (Å²) < 4.78 is 0. The highest BCUT2D eigenvalue weighted by Crippen LogP contribution is 2.30. The van der Waals surface area contributed by atoms with Gasteiger partial charge in [-0.2, -0.15) is 0 Å². The summed E-state index contributed by atoms with van der Waals surface area (Å²) in [6.45, 7) is 1.40. The number of hydrogen-bond acceptors (Lipinski definition) is 5. The van der Waals surface area contributed by atoms with Crippen molar-refractivity contribution in [1.29, 1.82) is 0 Å². The van der Waals surface area contributed by atoms with Gasteiger partial charge in [0.2, 0.25) is 0 Å². The van der Waals surface area contributed by atoms with E-state index in [0.717, 1.165) is 23.1 Å². The fraction of sp³-hybridized carbons (Fsp3) is 0.211. The number of aromatic nitrogens is 2. The second-order valence-electron chi connectivity index (χ2n) is 6.09. The molecule has 0 aliphatic carbocycles. The Hall–Kier alpha value is -2.99. The normalized spacial score (nSPS) is 11.0. The summed E-state index contributed by atoms with van der Waals surface area (Å²) in [6, 6.07) is 10.9. The van der Waals surface area contributed by atoms with Crippen LogP contribution in [0.4, 0.5) is 0 Å². The van der Waals surface area contributed by atoms with Crippen LogP contribution >= 0.6 is 0 Å². The molecule has 1 heterocycles. The van der Waals surface area contributed by atoms with Gasteiger partial charge in [0.1, 0.15) is 17.6 Å². The van der Waals surface area contributed by atoms with Crippen LogP contribution in [-0.2, 0) is 0 Å². The van der Waals surface area contributed by atoms with Gasteiger partial charge in [0.25, 0.3) is 5.91 Å². The molecule has 0 aliphatic heterocycles. The van der Waals surface area contributed by atoms with Gasteiger partial charge >= 0.3 is 0 Å². The minimum atomic E-state index is -0.0943. The second-order valence-corrected chi connectivity index (χ2v) is 6.09. The highest BCUT2D eigenvalue weighted by molar-refractivity contribution is 5.95.